The summed E-state index contributed by atoms with van der Waals surface area (Å²) < 4.78 is 0. The van der Waals surface area contributed by atoms with E-state index in [0.717, 1.165) is 6.42 Å². The number of aromatic carboxylic acids is 1. The van der Waals surface area contributed by atoms with Gasteiger partial charge in [-0.3, -0.25) is 4.79 Å². The van der Waals surface area contributed by atoms with Gasteiger partial charge in [-0.05, 0) is 24.5 Å². The van der Waals surface area contributed by atoms with E-state index >= 15 is 0 Å². The normalized spacial score (nSPS) is 14.9. The van der Waals surface area contributed by atoms with Gasteiger partial charge in [0.1, 0.15) is 5.82 Å². The monoisotopic (exact) mass is 248 g/mol. The molecule has 5 nitrogen and oxygen atoms in total. The first kappa shape index (κ1) is 12.5. The fourth-order valence-electron chi connectivity index (χ4n) is 1.95. The molecule has 1 aliphatic carbocycles. The Morgan fingerprint density at radius 3 is 2.83 bits per heavy atom. The highest BCUT2D eigenvalue weighted by Crippen LogP contribution is 2.30. The second-order valence-corrected chi connectivity index (χ2v) is 4.62. The van der Waals surface area contributed by atoms with Crippen molar-refractivity contribution in [1.29, 1.82) is 0 Å². The van der Waals surface area contributed by atoms with E-state index in [-0.39, 0.29) is 11.5 Å². The number of amides is 1. The Morgan fingerprint density at radius 2 is 2.22 bits per heavy atom. The van der Waals surface area contributed by atoms with Crippen LogP contribution in [0.1, 0.15) is 42.5 Å². The number of carbonyl (C=O) groups excluding carboxylic acids is 1. The summed E-state index contributed by atoms with van der Waals surface area (Å²) in [5, 5.41) is 11.4. The molecule has 0 atom stereocenters. The molecule has 2 rings (SSSR count). The Bertz CT molecular complexity index is 455. The molecule has 1 fully saturated rings. The van der Waals surface area contributed by atoms with E-state index in [2.05, 4.69) is 10.3 Å². The van der Waals surface area contributed by atoms with Crippen LogP contribution in [0.5, 0.6) is 0 Å². The molecular weight excluding hydrogens is 232 g/mol. The molecule has 0 bridgehead atoms. The summed E-state index contributed by atoms with van der Waals surface area (Å²) in [6.07, 6.45) is 6.48. The predicted molar refractivity (Wildman–Crippen MR) is 66.4 cm³/mol. The standard InChI is InChI=1S/C13H16N2O3/c16-12(5-4-9-2-1-3-9)15-11-8-10(13(17)18)6-7-14-11/h6-9H,1-5H2,(H,17,18)(H,14,15,16). The summed E-state index contributed by atoms with van der Waals surface area (Å²) >= 11 is 0. The van der Waals surface area contributed by atoms with Gasteiger partial charge in [0, 0.05) is 12.6 Å². The molecule has 1 aromatic heterocycles. The van der Waals surface area contributed by atoms with Crippen LogP contribution in [0.3, 0.4) is 0 Å². The van der Waals surface area contributed by atoms with Crippen molar-refractivity contribution in [2.24, 2.45) is 5.92 Å². The fourth-order valence-corrected chi connectivity index (χ4v) is 1.95. The maximum Gasteiger partial charge on any atom is 0.335 e. The van der Waals surface area contributed by atoms with Crippen LogP contribution in [0.2, 0.25) is 0 Å². The average molecular weight is 248 g/mol. The zero-order valence-electron chi connectivity index (χ0n) is 10.1. The minimum atomic E-state index is -1.03. The van der Waals surface area contributed by atoms with E-state index in [4.69, 9.17) is 5.11 Å². The molecule has 2 N–H and O–H groups in total. The van der Waals surface area contributed by atoms with Gasteiger partial charge >= 0.3 is 5.97 Å². The van der Waals surface area contributed by atoms with Gasteiger partial charge in [0.15, 0.2) is 0 Å². The van der Waals surface area contributed by atoms with Crippen LogP contribution in [0.15, 0.2) is 18.3 Å². The highest BCUT2D eigenvalue weighted by Gasteiger charge is 2.18. The van der Waals surface area contributed by atoms with Crippen LogP contribution in [0.25, 0.3) is 0 Å². The first-order chi connectivity index (χ1) is 8.65. The molecule has 0 aromatic carbocycles. The van der Waals surface area contributed by atoms with E-state index in [1.165, 1.54) is 37.6 Å². The zero-order valence-corrected chi connectivity index (χ0v) is 10.1. The topological polar surface area (TPSA) is 79.3 Å². The maximum absolute atomic E-state index is 11.6. The SMILES string of the molecule is O=C(CCC1CCC1)Nc1cc(C(=O)O)ccn1. The largest absolute Gasteiger partial charge is 0.478 e. The van der Waals surface area contributed by atoms with Gasteiger partial charge in [-0.2, -0.15) is 0 Å². The molecule has 0 aliphatic heterocycles. The summed E-state index contributed by atoms with van der Waals surface area (Å²) in [6.45, 7) is 0. The maximum atomic E-state index is 11.6. The van der Waals surface area contributed by atoms with Gasteiger partial charge < -0.3 is 10.4 Å². The second-order valence-electron chi connectivity index (χ2n) is 4.62. The molecule has 1 saturated carbocycles. The molecule has 5 heteroatoms. The van der Waals surface area contributed by atoms with Crippen molar-refractivity contribution in [3.63, 3.8) is 0 Å². The average Bonchev–Trinajstić information content (AvgIpc) is 2.27. The van der Waals surface area contributed by atoms with Gasteiger partial charge in [-0.1, -0.05) is 19.3 Å². The van der Waals surface area contributed by atoms with Crippen molar-refractivity contribution < 1.29 is 14.7 Å². The smallest absolute Gasteiger partial charge is 0.335 e. The zero-order chi connectivity index (χ0) is 13.0. The van der Waals surface area contributed by atoms with Gasteiger partial charge in [0.25, 0.3) is 0 Å². The lowest BCUT2D eigenvalue weighted by atomic mass is 9.82. The number of anilines is 1. The lowest BCUT2D eigenvalue weighted by Crippen LogP contribution is -2.17. The third-order valence-electron chi connectivity index (χ3n) is 3.28. The van der Waals surface area contributed by atoms with Crippen LogP contribution in [0.4, 0.5) is 5.82 Å². The quantitative estimate of drug-likeness (QED) is 0.838. The minimum Gasteiger partial charge on any atom is -0.478 e. The second kappa shape index (κ2) is 5.62. The Labute approximate surface area is 105 Å². The van der Waals surface area contributed by atoms with Crippen LogP contribution in [-0.2, 0) is 4.79 Å². The number of nitrogens with zero attached hydrogens (tertiary/aromatic N) is 1. The third-order valence-corrected chi connectivity index (χ3v) is 3.28. The lowest BCUT2D eigenvalue weighted by Gasteiger charge is -2.24. The fraction of sp³-hybridized carbons (Fsp3) is 0.462. The van der Waals surface area contributed by atoms with Crippen molar-refractivity contribution in [3.8, 4) is 0 Å². The van der Waals surface area contributed by atoms with Crippen molar-refractivity contribution in [1.82, 2.24) is 4.98 Å². The van der Waals surface area contributed by atoms with E-state index in [1.54, 1.807) is 0 Å². The van der Waals surface area contributed by atoms with Crippen LogP contribution in [0, 0.1) is 5.92 Å². The molecule has 18 heavy (non-hydrogen) atoms. The number of carboxylic acids is 1. The Morgan fingerprint density at radius 1 is 1.44 bits per heavy atom. The summed E-state index contributed by atoms with van der Waals surface area (Å²) in [7, 11) is 0. The van der Waals surface area contributed by atoms with E-state index < -0.39 is 5.97 Å². The minimum absolute atomic E-state index is 0.100. The van der Waals surface area contributed by atoms with Crippen LogP contribution >= 0.6 is 0 Å². The van der Waals surface area contributed by atoms with Gasteiger partial charge in [0.2, 0.25) is 5.91 Å². The highest BCUT2D eigenvalue weighted by molar-refractivity contribution is 5.92. The molecule has 96 valence electrons. The van der Waals surface area contributed by atoms with Crippen molar-refractivity contribution in [3.05, 3.63) is 23.9 Å². The summed E-state index contributed by atoms with van der Waals surface area (Å²) in [5.41, 5.74) is 0.124. The molecular formula is C13H16N2O3. The Balaban J connectivity index is 1.85. The number of rotatable bonds is 5. The molecule has 0 saturated heterocycles. The summed E-state index contributed by atoms with van der Waals surface area (Å²) in [5.74, 6) is -0.137. The number of pyridine rings is 1. The molecule has 1 heterocycles. The van der Waals surface area contributed by atoms with Crippen molar-refractivity contribution in [2.75, 3.05) is 5.32 Å². The molecule has 1 aliphatic rings. The van der Waals surface area contributed by atoms with Crippen LogP contribution in [-0.4, -0.2) is 22.0 Å². The number of carbonyl (C=O) groups is 2. The number of aromatic nitrogens is 1. The number of carboxylic acid groups (broad SMARTS) is 1. The van der Waals surface area contributed by atoms with Crippen LogP contribution < -0.4 is 5.32 Å². The Kier molecular flexibility index (Phi) is 3.92. The third kappa shape index (κ3) is 3.29. The van der Waals surface area contributed by atoms with Gasteiger partial charge in [-0.25, -0.2) is 9.78 Å². The Hall–Kier alpha value is -1.91. The van der Waals surface area contributed by atoms with Gasteiger partial charge in [0.05, 0.1) is 5.56 Å². The first-order valence-electron chi connectivity index (χ1n) is 6.14. The molecule has 1 amide bonds. The number of hydrogen-bond donors (Lipinski definition) is 2. The number of hydrogen-bond acceptors (Lipinski definition) is 3. The van der Waals surface area contributed by atoms with Crippen molar-refractivity contribution in [2.45, 2.75) is 32.1 Å². The van der Waals surface area contributed by atoms with Gasteiger partial charge in [-0.15, -0.1) is 0 Å². The van der Waals surface area contributed by atoms with Crippen molar-refractivity contribution >= 4 is 17.7 Å². The molecule has 0 spiro atoms. The lowest BCUT2D eigenvalue weighted by molar-refractivity contribution is -0.116. The van der Waals surface area contributed by atoms with E-state index in [9.17, 15) is 9.59 Å². The summed E-state index contributed by atoms with van der Waals surface area (Å²) in [4.78, 5) is 26.3. The number of nitrogens with one attached hydrogen (secondary N) is 1. The molecule has 1 aromatic rings. The molecule has 0 radical (unpaired) electrons. The first-order valence-corrected chi connectivity index (χ1v) is 6.14. The van der Waals surface area contributed by atoms with E-state index in [0.29, 0.717) is 18.2 Å². The summed E-state index contributed by atoms with van der Waals surface area (Å²) in [6, 6.07) is 2.76. The predicted octanol–water partition coefficient (Wildman–Crippen LogP) is 2.30. The van der Waals surface area contributed by atoms with E-state index in [1.807, 2.05) is 0 Å². The molecule has 0 unspecified atom stereocenters. The highest BCUT2D eigenvalue weighted by atomic mass is 16.4.